The van der Waals surface area contributed by atoms with Gasteiger partial charge >= 0.3 is 0 Å². The fourth-order valence-corrected chi connectivity index (χ4v) is 2.01. The second-order valence-corrected chi connectivity index (χ2v) is 3.95. The summed E-state index contributed by atoms with van der Waals surface area (Å²) < 4.78 is 5.46. The Labute approximate surface area is 92.2 Å². The van der Waals surface area contributed by atoms with Crippen LogP contribution in [0.25, 0.3) is 0 Å². The van der Waals surface area contributed by atoms with Crippen molar-refractivity contribution in [2.75, 3.05) is 13.1 Å². The maximum absolute atomic E-state index is 6.03. The molecule has 86 valence electrons. The van der Waals surface area contributed by atoms with E-state index in [2.05, 4.69) is 18.7 Å². The van der Waals surface area contributed by atoms with Gasteiger partial charge in [-0.25, -0.2) is 0 Å². The Morgan fingerprint density at radius 1 is 1.47 bits per heavy atom. The highest BCUT2D eigenvalue weighted by molar-refractivity contribution is 5.07. The zero-order valence-electron chi connectivity index (χ0n) is 9.94. The lowest BCUT2D eigenvalue weighted by atomic mass is 10.1. The van der Waals surface area contributed by atoms with Gasteiger partial charge in [0.1, 0.15) is 5.76 Å². The molecule has 0 fully saturated rings. The third-order valence-electron chi connectivity index (χ3n) is 2.64. The van der Waals surface area contributed by atoms with Gasteiger partial charge in [0.2, 0.25) is 0 Å². The van der Waals surface area contributed by atoms with Crippen molar-refractivity contribution in [1.82, 2.24) is 4.90 Å². The normalized spacial score (nSPS) is 15.5. The van der Waals surface area contributed by atoms with Gasteiger partial charge < -0.3 is 10.2 Å². The van der Waals surface area contributed by atoms with E-state index in [-0.39, 0.29) is 12.1 Å². The smallest absolute Gasteiger partial charge is 0.122 e. The van der Waals surface area contributed by atoms with Crippen LogP contribution in [0.2, 0.25) is 0 Å². The van der Waals surface area contributed by atoms with Crippen LogP contribution in [0, 0.1) is 0 Å². The fourth-order valence-electron chi connectivity index (χ4n) is 2.01. The van der Waals surface area contributed by atoms with E-state index in [1.54, 1.807) is 6.26 Å². The Morgan fingerprint density at radius 3 is 2.60 bits per heavy atom. The summed E-state index contributed by atoms with van der Waals surface area (Å²) in [4.78, 5) is 2.36. The number of nitrogens with zero attached hydrogens (tertiary/aromatic N) is 1. The largest absolute Gasteiger partial charge is 0.468 e. The third kappa shape index (κ3) is 3.08. The van der Waals surface area contributed by atoms with Crippen LogP contribution in [0.4, 0.5) is 0 Å². The molecule has 2 atom stereocenters. The van der Waals surface area contributed by atoms with Crippen molar-refractivity contribution >= 4 is 0 Å². The van der Waals surface area contributed by atoms with Crippen molar-refractivity contribution in [2.24, 2.45) is 5.73 Å². The predicted molar refractivity (Wildman–Crippen MR) is 62.6 cm³/mol. The van der Waals surface area contributed by atoms with Crippen molar-refractivity contribution in [3.05, 3.63) is 24.2 Å². The molecule has 0 aliphatic carbocycles. The summed E-state index contributed by atoms with van der Waals surface area (Å²) in [5.74, 6) is 0.973. The van der Waals surface area contributed by atoms with E-state index >= 15 is 0 Å². The van der Waals surface area contributed by atoms with E-state index in [4.69, 9.17) is 10.2 Å². The van der Waals surface area contributed by atoms with Crippen LogP contribution in [0.3, 0.4) is 0 Å². The van der Waals surface area contributed by atoms with Crippen molar-refractivity contribution in [2.45, 2.75) is 39.3 Å². The highest BCUT2D eigenvalue weighted by Crippen LogP contribution is 2.23. The number of rotatable bonds is 6. The van der Waals surface area contributed by atoms with E-state index in [9.17, 15) is 0 Å². The molecule has 3 nitrogen and oxygen atoms in total. The van der Waals surface area contributed by atoms with E-state index < -0.39 is 0 Å². The number of furan rings is 1. The standard InChI is InChI=1S/C12H22N2O/c1-4-8-14(5-2)12(10(3)13)11-7-6-9-15-11/h6-7,9-10,12H,4-5,8,13H2,1-3H3. The number of nitrogens with two attached hydrogens (primary N) is 1. The Bertz CT molecular complexity index is 257. The quantitative estimate of drug-likeness (QED) is 0.784. The van der Waals surface area contributed by atoms with Crippen LogP contribution >= 0.6 is 0 Å². The van der Waals surface area contributed by atoms with Gasteiger partial charge in [0, 0.05) is 6.04 Å². The molecule has 1 aromatic rings. The average Bonchev–Trinajstić information content (AvgIpc) is 2.69. The Balaban J connectivity index is 2.81. The molecule has 0 aromatic carbocycles. The Morgan fingerprint density at radius 2 is 2.20 bits per heavy atom. The second kappa shape index (κ2) is 5.93. The van der Waals surface area contributed by atoms with Crippen LogP contribution in [0.15, 0.2) is 22.8 Å². The highest BCUT2D eigenvalue weighted by atomic mass is 16.3. The van der Waals surface area contributed by atoms with Gasteiger partial charge in [0.05, 0.1) is 12.3 Å². The lowest BCUT2D eigenvalue weighted by Crippen LogP contribution is -2.39. The van der Waals surface area contributed by atoms with Crippen LogP contribution in [-0.4, -0.2) is 24.0 Å². The number of hydrogen-bond acceptors (Lipinski definition) is 3. The molecule has 0 amide bonds. The van der Waals surface area contributed by atoms with Gasteiger partial charge in [0.25, 0.3) is 0 Å². The van der Waals surface area contributed by atoms with Crippen molar-refractivity contribution in [3.63, 3.8) is 0 Å². The van der Waals surface area contributed by atoms with Crippen molar-refractivity contribution in [3.8, 4) is 0 Å². The van der Waals surface area contributed by atoms with Crippen LogP contribution in [0.1, 0.15) is 39.0 Å². The van der Waals surface area contributed by atoms with Crippen molar-refractivity contribution in [1.29, 1.82) is 0 Å². The SMILES string of the molecule is CCCN(CC)C(c1ccco1)C(C)N. The second-order valence-electron chi connectivity index (χ2n) is 3.95. The summed E-state index contributed by atoms with van der Waals surface area (Å²) in [5.41, 5.74) is 6.03. The van der Waals surface area contributed by atoms with E-state index in [0.29, 0.717) is 0 Å². The minimum Gasteiger partial charge on any atom is -0.468 e. The molecule has 0 bridgehead atoms. The van der Waals surface area contributed by atoms with Crippen LogP contribution in [0.5, 0.6) is 0 Å². The van der Waals surface area contributed by atoms with Gasteiger partial charge in [-0.3, -0.25) is 4.90 Å². The van der Waals surface area contributed by atoms with Gasteiger partial charge in [-0.15, -0.1) is 0 Å². The molecule has 1 heterocycles. The van der Waals surface area contributed by atoms with Gasteiger partial charge in [-0.2, -0.15) is 0 Å². The molecule has 0 saturated carbocycles. The lowest BCUT2D eigenvalue weighted by Gasteiger charge is -2.31. The van der Waals surface area contributed by atoms with E-state index in [1.807, 2.05) is 19.1 Å². The minimum absolute atomic E-state index is 0.0858. The maximum Gasteiger partial charge on any atom is 0.122 e. The van der Waals surface area contributed by atoms with Crippen LogP contribution in [-0.2, 0) is 0 Å². The van der Waals surface area contributed by atoms with Gasteiger partial charge in [0.15, 0.2) is 0 Å². The molecule has 0 spiro atoms. The summed E-state index contributed by atoms with van der Waals surface area (Å²) in [6.45, 7) is 8.44. The van der Waals surface area contributed by atoms with E-state index in [1.165, 1.54) is 0 Å². The molecule has 0 saturated heterocycles. The average molecular weight is 210 g/mol. The minimum atomic E-state index is 0.0858. The summed E-state index contributed by atoms with van der Waals surface area (Å²) in [5, 5.41) is 0. The van der Waals surface area contributed by atoms with E-state index in [0.717, 1.165) is 25.3 Å². The first-order valence-corrected chi connectivity index (χ1v) is 5.73. The van der Waals surface area contributed by atoms with Crippen molar-refractivity contribution < 1.29 is 4.42 Å². The molecule has 15 heavy (non-hydrogen) atoms. The molecule has 0 aliphatic heterocycles. The monoisotopic (exact) mass is 210 g/mol. The molecule has 3 heteroatoms. The summed E-state index contributed by atoms with van der Waals surface area (Å²) in [7, 11) is 0. The molecule has 0 aliphatic rings. The molecule has 2 unspecified atom stereocenters. The maximum atomic E-state index is 6.03. The van der Waals surface area contributed by atoms with Gasteiger partial charge in [-0.1, -0.05) is 13.8 Å². The topological polar surface area (TPSA) is 42.4 Å². The number of likely N-dealkylation sites (N-methyl/N-ethyl adjacent to an activating group) is 1. The van der Waals surface area contributed by atoms with Crippen LogP contribution < -0.4 is 5.73 Å². The number of hydrogen-bond donors (Lipinski definition) is 1. The molecule has 1 aromatic heterocycles. The molecular weight excluding hydrogens is 188 g/mol. The molecule has 0 radical (unpaired) electrons. The molecular formula is C12H22N2O. The molecule has 2 N–H and O–H groups in total. The Kier molecular flexibility index (Phi) is 4.85. The fraction of sp³-hybridized carbons (Fsp3) is 0.667. The zero-order valence-corrected chi connectivity index (χ0v) is 9.94. The first-order chi connectivity index (χ1) is 7.20. The predicted octanol–water partition coefficient (Wildman–Crippen LogP) is 2.40. The highest BCUT2D eigenvalue weighted by Gasteiger charge is 2.24. The third-order valence-corrected chi connectivity index (χ3v) is 2.64. The first-order valence-electron chi connectivity index (χ1n) is 5.73. The summed E-state index contributed by atoms with van der Waals surface area (Å²) in [6, 6.07) is 4.21. The van der Waals surface area contributed by atoms with Gasteiger partial charge in [-0.05, 0) is 38.6 Å². The molecule has 1 rings (SSSR count). The summed E-state index contributed by atoms with van der Waals surface area (Å²) >= 11 is 0. The Hall–Kier alpha value is -0.800. The summed E-state index contributed by atoms with van der Waals surface area (Å²) in [6.07, 6.45) is 2.85. The first kappa shape index (κ1) is 12.3. The lowest BCUT2D eigenvalue weighted by molar-refractivity contribution is 0.163. The zero-order chi connectivity index (χ0) is 11.3.